The highest BCUT2D eigenvalue weighted by Gasteiger charge is 2.33. The Morgan fingerprint density at radius 3 is 2.13 bits per heavy atom. The number of hydrogen-bond acceptors (Lipinski definition) is 5. The van der Waals surface area contributed by atoms with Crippen molar-refractivity contribution < 1.29 is 19.4 Å². The highest BCUT2D eigenvalue weighted by Crippen LogP contribution is 2.18. The van der Waals surface area contributed by atoms with Crippen molar-refractivity contribution in [2.45, 2.75) is 6.42 Å². The van der Waals surface area contributed by atoms with Gasteiger partial charge in [-0.25, -0.2) is 10.1 Å². The van der Waals surface area contributed by atoms with Gasteiger partial charge in [0.05, 0.1) is 6.61 Å². The summed E-state index contributed by atoms with van der Waals surface area (Å²) in [5.74, 6) is -1.34. The lowest BCUT2D eigenvalue weighted by Crippen LogP contribution is -2.50. The Hall–Kier alpha value is -3.59. The van der Waals surface area contributed by atoms with E-state index < -0.39 is 16.8 Å². The summed E-state index contributed by atoms with van der Waals surface area (Å²) < 4.78 is 5.39. The number of benzene rings is 2. The predicted octanol–water partition coefficient (Wildman–Crippen LogP) is 2.49. The Bertz CT molecular complexity index is 927. The summed E-state index contributed by atoms with van der Waals surface area (Å²) in [6, 6.07) is 16.7. The number of hydrogen-bond donors (Lipinski definition) is 0. The van der Waals surface area contributed by atoms with Crippen molar-refractivity contribution in [2.75, 3.05) is 26.8 Å². The molecular weight excluding hydrogens is 388 g/mol. The normalized spacial score (nSPS) is 16.2. The van der Waals surface area contributed by atoms with E-state index in [1.165, 1.54) is 11.9 Å². The van der Waals surface area contributed by atoms with Crippen molar-refractivity contribution in [3.05, 3.63) is 81.9 Å². The molecule has 2 amide bonds. The summed E-state index contributed by atoms with van der Waals surface area (Å²) in [5, 5.41) is 13.8. The fourth-order valence-corrected chi connectivity index (χ4v) is 3.22. The monoisotopic (exact) mass is 410 g/mol. The Morgan fingerprint density at radius 2 is 1.63 bits per heavy atom. The van der Waals surface area contributed by atoms with Crippen molar-refractivity contribution in [2.24, 2.45) is 11.0 Å². The van der Waals surface area contributed by atoms with Gasteiger partial charge in [-0.2, -0.15) is 0 Å². The number of hydrazone groups is 1. The van der Waals surface area contributed by atoms with E-state index in [1.54, 1.807) is 60.7 Å². The summed E-state index contributed by atoms with van der Waals surface area (Å²) in [6.07, 6.45) is 0.709. The number of nitrogens with zero attached hydrogens (tertiary/aromatic N) is 4. The van der Waals surface area contributed by atoms with Crippen LogP contribution in [0.25, 0.3) is 0 Å². The van der Waals surface area contributed by atoms with Crippen LogP contribution in [0.5, 0.6) is 0 Å². The molecule has 0 radical (unpaired) electrons. The zero-order chi connectivity index (χ0) is 21.5. The summed E-state index contributed by atoms with van der Waals surface area (Å²) in [6.45, 7) is 1.13. The average Bonchev–Trinajstić information content (AvgIpc) is 3.29. The van der Waals surface area contributed by atoms with Crippen LogP contribution in [-0.4, -0.2) is 59.4 Å². The molecule has 1 aliphatic rings. The molecule has 0 bridgehead atoms. The van der Waals surface area contributed by atoms with E-state index in [-0.39, 0.29) is 18.4 Å². The van der Waals surface area contributed by atoms with E-state index in [0.29, 0.717) is 30.8 Å². The number of rotatable bonds is 5. The first-order chi connectivity index (χ1) is 14.5. The third kappa shape index (κ3) is 5.06. The molecule has 9 heteroatoms. The van der Waals surface area contributed by atoms with Gasteiger partial charge in [0.25, 0.3) is 17.8 Å². The standard InChI is InChI=1S/C21H22N4O5/c1-23(19(26)17-8-4-2-5-9-17)21(22-25(28)29)24(14-16-12-13-30-15-16)20(27)18-10-6-3-7-11-18/h2-11,16H,12-15H2,1H3/b22-21+. The third-order valence-corrected chi connectivity index (χ3v) is 4.77. The van der Waals surface area contributed by atoms with Gasteiger partial charge in [0, 0.05) is 37.2 Å². The minimum atomic E-state index is -0.902. The first-order valence-electron chi connectivity index (χ1n) is 9.48. The van der Waals surface area contributed by atoms with E-state index in [2.05, 4.69) is 5.10 Å². The van der Waals surface area contributed by atoms with Crippen LogP contribution in [0.1, 0.15) is 27.1 Å². The molecule has 0 aliphatic carbocycles. The summed E-state index contributed by atoms with van der Waals surface area (Å²) in [7, 11) is 1.37. The van der Waals surface area contributed by atoms with Crippen molar-refractivity contribution >= 4 is 17.8 Å². The zero-order valence-corrected chi connectivity index (χ0v) is 16.5. The van der Waals surface area contributed by atoms with Crippen molar-refractivity contribution in [1.82, 2.24) is 9.80 Å². The van der Waals surface area contributed by atoms with Gasteiger partial charge in [0.1, 0.15) is 5.10 Å². The van der Waals surface area contributed by atoms with Crippen LogP contribution in [0.2, 0.25) is 0 Å². The molecule has 0 spiro atoms. The second-order valence-corrected chi connectivity index (χ2v) is 6.88. The van der Waals surface area contributed by atoms with Gasteiger partial charge in [-0.1, -0.05) is 36.4 Å². The maximum atomic E-state index is 13.3. The number of ether oxygens (including phenoxy) is 1. The number of amides is 2. The van der Waals surface area contributed by atoms with Gasteiger partial charge < -0.3 is 4.74 Å². The van der Waals surface area contributed by atoms with Gasteiger partial charge in [0.2, 0.25) is 0 Å². The molecule has 1 unspecified atom stereocenters. The highest BCUT2D eigenvalue weighted by molar-refractivity contribution is 6.12. The SMILES string of the molecule is CN(C(=O)c1ccccc1)/C(=N\[N+](=O)[O-])N(CC1CCOC1)C(=O)c1ccccc1. The molecule has 0 aromatic heterocycles. The van der Waals surface area contributed by atoms with Gasteiger partial charge in [-0.15, -0.1) is 0 Å². The molecule has 0 N–H and O–H groups in total. The maximum absolute atomic E-state index is 13.3. The van der Waals surface area contributed by atoms with Crippen molar-refractivity contribution in [3.63, 3.8) is 0 Å². The fraction of sp³-hybridized carbons (Fsp3) is 0.286. The van der Waals surface area contributed by atoms with E-state index in [4.69, 9.17) is 4.74 Å². The van der Waals surface area contributed by atoms with Crippen LogP contribution in [0.4, 0.5) is 0 Å². The van der Waals surface area contributed by atoms with Gasteiger partial charge in [0.15, 0.2) is 5.03 Å². The Labute approximate surface area is 173 Å². The summed E-state index contributed by atoms with van der Waals surface area (Å²) in [4.78, 5) is 39.7. The Kier molecular flexibility index (Phi) is 6.87. The predicted molar refractivity (Wildman–Crippen MR) is 109 cm³/mol. The molecule has 30 heavy (non-hydrogen) atoms. The number of carbonyl (C=O) groups is 2. The van der Waals surface area contributed by atoms with E-state index in [0.717, 1.165) is 4.90 Å². The summed E-state index contributed by atoms with van der Waals surface area (Å²) >= 11 is 0. The van der Waals surface area contributed by atoms with Crippen LogP contribution in [0, 0.1) is 16.0 Å². The quantitative estimate of drug-likeness (QED) is 0.326. The average molecular weight is 410 g/mol. The second kappa shape index (κ2) is 9.75. The van der Waals surface area contributed by atoms with Crippen LogP contribution in [-0.2, 0) is 4.74 Å². The molecule has 2 aromatic carbocycles. The second-order valence-electron chi connectivity index (χ2n) is 6.88. The van der Waals surface area contributed by atoms with E-state index in [1.807, 2.05) is 0 Å². The van der Waals surface area contributed by atoms with E-state index >= 15 is 0 Å². The lowest BCUT2D eigenvalue weighted by molar-refractivity contribution is -0.486. The fourth-order valence-electron chi connectivity index (χ4n) is 3.22. The minimum Gasteiger partial charge on any atom is -0.381 e. The van der Waals surface area contributed by atoms with Crippen LogP contribution in [0.3, 0.4) is 0 Å². The number of guanidine groups is 1. The van der Waals surface area contributed by atoms with Crippen LogP contribution < -0.4 is 0 Å². The molecule has 3 rings (SSSR count). The molecule has 1 aliphatic heterocycles. The molecule has 1 heterocycles. The Morgan fingerprint density at radius 1 is 1.07 bits per heavy atom. The van der Waals surface area contributed by atoms with Gasteiger partial charge in [-0.05, 0) is 30.7 Å². The molecule has 1 saturated heterocycles. The molecule has 0 saturated carbocycles. The highest BCUT2D eigenvalue weighted by atomic mass is 16.7. The van der Waals surface area contributed by atoms with Gasteiger partial charge >= 0.3 is 0 Å². The van der Waals surface area contributed by atoms with Crippen molar-refractivity contribution in [3.8, 4) is 0 Å². The van der Waals surface area contributed by atoms with Gasteiger partial charge in [-0.3, -0.25) is 19.4 Å². The molecule has 2 aromatic rings. The first kappa shape index (κ1) is 21.1. The van der Waals surface area contributed by atoms with E-state index in [9.17, 15) is 19.7 Å². The number of nitro groups is 1. The molecule has 1 fully saturated rings. The lowest BCUT2D eigenvalue weighted by atomic mass is 10.1. The third-order valence-electron chi connectivity index (χ3n) is 4.77. The zero-order valence-electron chi connectivity index (χ0n) is 16.5. The smallest absolute Gasteiger partial charge is 0.287 e. The lowest BCUT2D eigenvalue weighted by Gasteiger charge is -2.29. The largest absolute Gasteiger partial charge is 0.381 e. The topological polar surface area (TPSA) is 105 Å². The molecule has 1 atom stereocenters. The van der Waals surface area contributed by atoms with Crippen LogP contribution >= 0.6 is 0 Å². The minimum absolute atomic E-state index is 0.0187. The first-order valence-corrected chi connectivity index (χ1v) is 9.48. The van der Waals surface area contributed by atoms with Crippen LogP contribution in [0.15, 0.2) is 65.8 Å². The molecular formula is C21H22N4O5. The summed E-state index contributed by atoms with van der Waals surface area (Å²) in [5.41, 5.74) is 0.667. The number of carbonyl (C=O) groups excluding carboxylic acids is 2. The molecule has 9 nitrogen and oxygen atoms in total. The Balaban J connectivity index is 1.99. The maximum Gasteiger partial charge on any atom is 0.287 e. The van der Waals surface area contributed by atoms with Crippen molar-refractivity contribution in [1.29, 1.82) is 0 Å². The molecule has 156 valence electrons.